The van der Waals surface area contributed by atoms with E-state index in [2.05, 4.69) is 41.3 Å². The number of carbonyl (C=O) groups is 1. The molecule has 0 radical (unpaired) electrons. The molecule has 1 aliphatic rings. The number of Topliss-reactive ketones (excluding diaryl/α,β-unsaturated/α-hetero) is 1. The lowest BCUT2D eigenvalue weighted by Gasteiger charge is -2.38. The van der Waals surface area contributed by atoms with Crippen molar-refractivity contribution < 1.29 is 9.32 Å². The van der Waals surface area contributed by atoms with Gasteiger partial charge in [-0.15, -0.1) is 0 Å². The van der Waals surface area contributed by atoms with Crippen molar-refractivity contribution in [1.82, 2.24) is 14.6 Å². The van der Waals surface area contributed by atoms with Gasteiger partial charge >= 0.3 is 0 Å². The number of hydrogen-bond acceptors (Lipinski definition) is 3. The Kier molecular flexibility index (Phi) is 3.27. The van der Waals surface area contributed by atoms with Crippen LogP contribution in [0.25, 0.3) is 21.9 Å². The predicted octanol–water partition coefficient (Wildman–Crippen LogP) is 4.62. The maximum atomic E-state index is 12.0. The van der Waals surface area contributed by atoms with Gasteiger partial charge in [0.1, 0.15) is 11.2 Å². The number of nitrogens with one attached hydrogen (secondary N) is 1. The number of aromatic amines is 1. The normalized spacial score (nSPS) is 17.2. The molecule has 2 aromatic carbocycles. The van der Waals surface area contributed by atoms with Gasteiger partial charge in [-0.05, 0) is 36.3 Å². The summed E-state index contributed by atoms with van der Waals surface area (Å²) in [6.45, 7) is 3.52. The first-order valence-corrected chi connectivity index (χ1v) is 9.01. The molecule has 0 spiro atoms. The van der Waals surface area contributed by atoms with Gasteiger partial charge in [0, 0.05) is 0 Å². The zero-order chi connectivity index (χ0) is 17.7. The summed E-state index contributed by atoms with van der Waals surface area (Å²) in [5.74, 6) is 1.23. The van der Waals surface area contributed by atoms with E-state index in [0.29, 0.717) is 36.2 Å². The summed E-state index contributed by atoms with van der Waals surface area (Å²) in [7, 11) is 0. The van der Waals surface area contributed by atoms with Gasteiger partial charge in [-0.1, -0.05) is 24.3 Å². The second kappa shape index (κ2) is 5.54. The zero-order valence-electron chi connectivity index (χ0n) is 14.7. The summed E-state index contributed by atoms with van der Waals surface area (Å²) in [5, 5.41) is 6.70. The Morgan fingerprint density at radius 3 is 2.50 bits per heavy atom. The maximum Gasteiger partial charge on any atom is 0.279 e. The summed E-state index contributed by atoms with van der Waals surface area (Å²) in [4.78, 5) is 15.6. The van der Waals surface area contributed by atoms with Crippen LogP contribution in [-0.2, 0) is 4.79 Å². The number of quaternary nitrogens is 1. The highest BCUT2D eigenvalue weighted by Crippen LogP contribution is 2.45. The number of H-pyrrole nitrogens is 1. The number of rotatable bonds is 2. The van der Waals surface area contributed by atoms with E-state index in [1.54, 1.807) is 0 Å². The highest BCUT2D eigenvalue weighted by molar-refractivity contribution is 5.99. The van der Waals surface area contributed by atoms with Gasteiger partial charge in [0.2, 0.25) is 0 Å². The number of benzene rings is 2. The molecular formula is C21H20N3O2+. The van der Waals surface area contributed by atoms with Crippen LogP contribution in [-0.4, -0.2) is 29.0 Å². The lowest BCUT2D eigenvalue weighted by atomic mass is 10.0. The molecule has 4 aromatic rings. The molecule has 0 amide bonds. The van der Waals surface area contributed by atoms with E-state index < -0.39 is 0 Å². The minimum absolute atomic E-state index is 0.323. The molecule has 26 heavy (non-hydrogen) atoms. The van der Waals surface area contributed by atoms with Crippen LogP contribution in [0.2, 0.25) is 0 Å². The second-order valence-corrected chi connectivity index (χ2v) is 7.10. The van der Waals surface area contributed by atoms with Crippen LogP contribution >= 0.6 is 0 Å². The lowest BCUT2D eigenvalue weighted by Crippen LogP contribution is -2.51. The first kappa shape index (κ1) is 15.3. The van der Waals surface area contributed by atoms with E-state index in [4.69, 9.17) is 4.52 Å². The molecule has 0 bridgehead atoms. The van der Waals surface area contributed by atoms with Crippen molar-refractivity contribution >= 4 is 39.2 Å². The minimum atomic E-state index is 0.323. The van der Waals surface area contributed by atoms with Gasteiger partial charge in [0.15, 0.2) is 11.3 Å². The van der Waals surface area contributed by atoms with Crippen molar-refractivity contribution in [3.63, 3.8) is 0 Å². The number of ketones is 1. The molecule has 2 aromatic heterocycles. The molecule has 1 N–H and O–H groups in total. The largest absolute Gasteiger partial charge is 0.354 e. The van der Waals surface area contributed by atoms with Crippen molar-refractivity contribution in [3.8, 4) is 0 Å². The molecular weight excluding hydrogens is 326 g/mol. The number of aromatic nitrogens is 2. The summed E-state index contributed by atoms with van der Waals surface area (Å²) < 4.78 is 6.20. The Morgan fingerprint density at radius 2 is 1.69 bits per heavy atom. The molecule has 0 atom stereocenters. The standard InChI is InChI=1S/C21H20N3O2/c1-14-20(16-6-2-4-8-18(16)22-14)24(12-10-15(25)11-13-24)21-17-7-3-5-9-19(17)26-23-21/h2-9,22H,10-13H2,1H3/q+1. The van der Waals surface area contributed by atoms with Gasteiger partial charge in [0.05, 0.1) is 42.5 Å². The molecule has 5 heteroatoms. The summed E-state index contributed by atoms with van der Waals surface area (Å²) in [5.41, 5.74) is 4.22. The summed E-state index contributed by atoms with van der Waals surface area (Å²) >= 11 is 0. The van der Waals surface area contributed by atoms with Crippen LogP contribution in [0.1, 0.15) is 18.5 Å². The van der Waals surface area contributed by atoms with Gasteiger partial charge < -0.3 is 9.51 Å². The fraction of sp³-hybridized carbons (Fsp3) is 0.238. The van der Waals surface area contributed by atoms with Crippen LogP contribution in [0.3, 0.4) is 0 Å². The van der Waals surface area contributed by atoms with Gasteiger partial charge in [0.25, 0.3) is 5.82 Å². The highest BCUT2D eigenvalue weighted by atomic mass is 16.5. The monoisotopic (exact) mass is 346 g/mol. The van der Waals surface area contributed by atoms with Crippen LogP contribution in [0.5, 0.6) is 0 Å². The fourth-order valence-corrected chi connectivity index (χ4v) is 4.40. The van der Waals surface area contributed by atoms with Crippen molar-refractivity contribution in [2.45, 2.75) is 19.8 Å². The Bertz CT molecular complexity index is 1130. The molecule has 3 heterocycles. The van der Waals surface area contributed by atoms with E-state index in [-0.39, 0.29) is 0 Å². The number of hydrogen-bond donors (Lipinski definition) is 1. The first-order valence-electron chi connectivity index (χ1n) is 9.01. The van der Waals surface area contributed by atoms with Crippen molar-refractivity contribution in [2.75, 3.05) is 13.1 Å². The third-order valence-electron chi connectivity index (χ3n) is 5.60. The third-order valence-corrected chi connectivity index (χ3v) is 5.60. The molecule has 5 rings (SSSR count). The van der Waals surface area contributed by atoms with Crippen LogP contribution in [0.4, 0.5) is 11.5 Å². The van der Waals surface area contributed by atoms with Crippen molar-refractivity contribution in [3.05, 3.63) is 54.2 Å². The van der Waals surface area contributed by atoms with E-state index in [0.717, 1.165) is 28.0 Å². The molecule has 0 saturated carbocycles. The average molecular weight is 346 g/mol. The Balaban J connectivity index is 1.83. The Morgan fingerprint density at radius 1 is 1.00 bits per heavy atom. The number of nitrogens with zero attached hydrogens (tertiary/aromatic N) is 2. The summed E-state index contributed by atoms with van der Waals surface area (Å²) in [6.07, 6.45) is 1.11. The number of carbonyl (C=O) groups excluding carboxylic acids is 1. The van der Waals surface area contributed by atoms with E-state index in [1.807, 2.05) is 24.3 Å². The molecule has 130 valence electrons. The highest BCUT2D eigenvalue weighted by Gasteiger charge is 2.44. The SMILES string of the molecule is Cc1[nH]c2ccccc2c1[N+]1(c2noc3ccccc23)CCC(=O)CC1. The third kappa shape index (κ3) is 2.07. The van der Waals surface area contributed by atoms with Crippen molar-refractivity contribution in [1.29, 1.82) is 0 Å². The zero-order valence-corrected chi connectivity index (χ0v) is 14.7. The van der Waals surface area contributed by atoms with E-state index in [9.17, 15) is 4.79 Å². The van der Waals surface area contributed by atoms with E-state index in [1.165, 1.54) is 11.1 Å². The summed E-state index contributed by atoms with van der Waals surface area (Å²) in [6, 6.07) is 16.3. The smallest absolute Gasteiger partial charge is 0.279 e. The molecule has 0 aliphatic carbocycles. The molecule has 5 nitrogen and oxygen atoms in total. The first-order chi connectivity index (χ1) is 12.7. The van der Waals surface area contributed by atoms with Crippen LogP contribution in [0.15, 0.2) is 53.1 Å². The van der Waals surface area contributed by atoms with Gasteiger partial charge in [-0.3, -0.25) is 4.79 Å². The molecule has 0 unspecified atom stereocenters. The topological polar surface area (TPSA) is 58.9 Å². The van der Waals surface area contributed by atoms with Gasteiger partial charge in [-0.2, -0.15) is 0 Å². The minimum Gasteiger partial charge on any atom is -0.354 e. The molecule has 1 fully saturated rings. The van der Waals surface area contributed by atoms with Crippen molar-refractivity contribution in [2.24, 2.45) is 0 Å². The Hall–Kier alpha value is -2.92. The molecule has 1 aliphatic heterocycles. The van der Waals surface area contributed by atoms with Crippen LogP contribution in [0, 0.1) is 6.92 Å². The number of para-hydroxylation sites is 2. The molecule has 1 saturated heterocycles. The van der Waals surface area contributed by atoms with E-state index >= 15 is 0 Å². The average Bonchev–Trinajstić information content (AvgIpc) is 3.24. The maximum absolute atomic E-state index is 12.0. The lowest BCUT2D eigenvalue weighted by molar-refractivity contribution is -0.120. The number of piperidine rings is 1. The number of fused-ring (bicyclic) bond motifs is 2. The fourth-order valence-electron chi connectivity index (χ4n) is 4.40. The number of aryl methyl sites for hydroxylation is 1. The predicted molar refractivity (Wildman–Crippen MR) is 102 cm³/mol. The van der Waals surface area contributed by atoms with Gasteiger partial charge in [-0.25, -0.2) is 4.48 Å². The quantitative estimate of drug-likeness (QED) is 0.539. The van der Waals surface area contributed by atoms with Crippen LogP contribution < -0.4 is 4.48 Å². The Labute approximate surface area is 150 Å². The second-order valence-electron chi connectivity index (χ2n) is 7.10.